The predicted molar refractivity (Wildman–Crippen MR) is 173 cm³/mol. The van der Waals surface area contributed by atoms with Crippen LogP contribution in [-0.4, -0.2) is 4.40 Å². The summed E-state index contributed by atoms with van der Waals surface area (Å²) in [5.74, 6) is 0. The van der Waals surface area contributed by atoms with Crippen LogP contribution in [0.5, 0.6) is 0 Å². The first kappa shape index (κ1) is 25.2. The van der Waals surface area contributed by atoms with Crippen molar-refractivity contribution in [1.82, 2.24) is 4.40 Å². The van der Waals surface area contributed by atoms with E-state index < -0.39 is 0 Å². The van der Waals surface area contributed by atoms with E-state index in [9.17, 15) is 0 Å². The van der Waals surface area contributed by atoms with Crippen molar-refractivity contribution in [3.63, 3.8) is 0 Å². The van der Waals surface area contributed by atoms with Gasteiger partial charge in [0.05, 0.1) is 16.6 Å². The number of fused-ring (bicyclic) bond motifs is 12. The highest BCUT2D eigenvalue weighted by molar-refractivity contribution is 6.26. The molecular weight excluding hydrogens is 482 g/mol. The van der Waals surface area contributed by atoms with Crippen molar-refractivity contribution >= 4 is 38.1 Å². The van der Waals surface area contributed by atoms with Crippen LogP contribution in [0.2, 0.25) is 0 Å². The van der Waals surface area contributed by atoms with Gasteiger partial charge in [-0.3, -0.25) is 0 Å². The number of hydrogen-bond acceptors (Lipinski definition) is 0. The Morgan fingerprint density at radius 2 is 0.800 bits per heavy atom. The van der Waals surface area contributed by atoms with Crippen LogP contribution in [0.4, 0.5) is 0 Å². The highest BCUT2D eigenvalue weighted by Crippen LogP contribution is 2.47. The minimum atomic E-state index is 1.26. The zero-order chi connectivity index (χ0) is 26.5. The molecular formula is C39H47N. The predicted octanol–water partition coefficient (Wildman–Crippen LogP) is 11.0. The van der Waals surface area contributed by atoms with Crippen molar-refractivity contribution < 1.29 is 0 Å². The van der Waals surface area contributed by atoms with Gasteiger partial charge < -0.3 is 4.40 Å². The van der Waals surface area contributed by atoms with E-state index >= 15 is 0 Å². The summed E-state index contributed by atoms with van der Waals surface area (Å²) in [5.41, 5.74) is 14.7. The molecule has 0 saturated heterocycles. The van der Waals surface area contributed by atoms with Crippen LogP contribution in [0.15, 0.2) is 30.3 Å². The maximum atomic E-state index is 2.75. The molecule has 1 nitrogen and oxygen atoms in total. The fourth-order valence-electron chi connectivity index (χ4n) is 9.13. The van der Waals surface area contributed by atoms with Gasteiger partial charge in [0.25, 0.3) is 0 Å². The Kier molecular flexibility index (Phi) is 6.74. The zero-order valence-corrected chi connectivity index (χ0v) is 24.7. The van der Waals surface area contributed by atoms with Crippen molar-refractivity contribution in [2.75, 3.05) is 0 Å². The van der Waals surface area contributed by atoms with Gasteiger partial charge in [-0.2, -0.15) is 0 Å². The Morgan fingerprint density at radius 3 is 1.38 bits per heavy atom. The molecule has 3 aromatic carbocycles. The van der Waals surface area contributed by atoms with Gasteiger partial charge in [-0.05, 0) is 129 Å². The lowest BCUT2D eigenvalue weighted by molar-refractivity contribution is 0.629. The van der Waals surface area contributed by atoms with Crippen molar-refractivity contribution in [2.45, 2.75) is 135 Å². The molecule has 0 N–H and O–H groups in total. The first-order chi connectivity index (χ1) is 19.9. The maximum Gasteiger partial charge on any atom is 0.0623 e. The van der Waals surface area contributed by atoms with Gasteiger partial charge in [0, 0.05) is 21.5 Å². The molecule has 0 spiro atoms. The Bertz CT molecular complexity index is 1680. The summed E-state index contributed by atoms with van der Waals surface area (Å²) in [6, 6.07) is 12.8. The van der Waals surface area contributed by atoms with Crippen molar-refractivity contribution in [3.8, 4) is 0 Å². The summed E-state index contributed by atoms with van der Waals surface area (Å²) in [5, 5.41) is 6.54. The Hall–Kier alpha value is -2.54. The molecule has 0 bridgehead atoms. The molecule has 0 radical (unpaired) electrons. The molecule has 0 unspecified atom stereocenters. The number of nitrogens with zero attached hydrogens (tertiary/aromatic N) is 1. The Balaban J connectivity index is 1.51. The molecule has 3 aliphatic carbocycles. The molecule has 1 heteroatoms. The van der Waals surface area contributed by atoms with Crippen molar-refractivity contribution in [2.24, 2.45) is 0 Å². The van der Waals surface area contributed by atoms with E-state index in [-0.39, 0.29) is 0 Å². The topological polar surface area (TPSA) is 4.41 Å². The Morgan fingerprint density at radius 1 is 0.375 bits per heavy atom. The lowest BCUT2D eigenvalue weighted by atomic mass is 9.87. The van der Waals surface area contributed by atoms with Crippen LogP contribution in [-0.2, 0) is 38.5 Å². The monoisotopic (exact) mass is 529 g/mol. The third kappa shape index (κ3) is 4.09. The maximum absolute atomic E-state index is 2.75. The van der Waals surface area contributed by atoms with Gasteiger partial charge in [-0.25, -0.2) is 0 Å². The van der Waals surface area contributed by atoms with Crippen LogP contribution >= 0.6 is 0 Å². The summed E-state index contributed by atoms with van der Waals surface area (Å²) < 4.78 is 2.75. The van der Waals surface area contributed by atoms with E-state index in [0.29, 0.717) is 0 Å². The SMILES string of the molecule is c1cc2c(c3c1CCCCCCC3)c1cc3c(c4c5c6c(ccc5n2c14)CCCCCCC6)CCCCCCC3. The molecule has 0 aliphatic heterocycles. The van der Waals surface area contributed by atoms with E-state index in [1.807, 2.05) is 0 Å². The summed E-state index contributed by atoms with van der Waals surface area (Å²) in [6.07, 6.45) is 28.3. The van der Waals surface area contributed by atoms with Crippen molar-refractivity contribution in [1.29, 1.82) is 0 Å². The molecule has 0 saturated carbocycles. The molecule has 40 heavy (non-hydrogen) atoms. The minimum Gasteiger partial charge on any atom is -0.308 e. The highest BCUT2D eigenvalue weighted by atomic mass is 14.9. The highest BCUT2D eigenvalue weighted by Gasteiger charge is 2.27. The standard InChI is InChI=1S/C39H47N/c1-4-10-16-27-22-24-34-36(30(27)19-13-7-1)33-26-29-18-12-6-3-9-15-21-32(29)38-37-31-20-14-8-2-5-11-17-28(31)23-25-35(37)40(34)39(33)38/h22-26H,1-21H2. The van der Waals surface area contributed by atoms with Gasteiger partial charge in [0.15, 0.2) is 0 Å². The third-order valence-corrected chi connectivity index (χ3v) is 11.1. The van der Waals surface area contributed by atoms with Crippen LogP contribution < -0.4 is 0 Å². The second-order valence-electron chi connectivity index (χ2n) is 13.6. The lowest BCUT2D eigenvalue weighted by Crippen LogP contribution is -1.99. The molecule has 2 aromatic heterocycles. The number of benzene rings is 3. The fraction of sp³-hybridized carbons (Fsp3) is 0.538. The first-order valence-electron chi connectivity index (χ1n) is 17.2. The van der Waals surface area contributed by atoms with Gasteiger partial charge in [-0.15, -0.1) is 0 Å². The number of rotatable bonds is 0. The van der Waals surface area contributed by atoms with Gasteiger partial charge in [0.2, 0.25) is 0 Å². The summed E-state index contributed by atoms with van der Waals surface area (Å²) in [6.45, 7) is 0. The molecule has 3 aliphatic rings. The molecule has 208 valence electrons. The smallest absolute Gasteiger partial charge is 0.0623 e. The number of aryl methyl sites for hydroxylation is 6. The average Bonchev–Trinajstić information content (AvgIpc) is 3.56. The van der Waals surface area contributed by atoms with Gasteiger partial charge >= 0.3 is 0 Å². The van der Waals surface area contributed by atoms with E-state index in [4.69, 9.17) is 0 Å². The van der Waals surface area contributed by atoms with E-state index in [1.54, 1.807) is 60.4 Å². The van der Waals surface area contributed by atoms with Crippen LogP contribution in [0, 0.1) is 0 Å². The molecule has 0 amide bonds. The number of aromatic nitrogens is 1. The second kappa shape index (κ2) is 10.7. The summed E-state index contributed by atoms with van der Waals surface area (Å²) >= 11 is 0. The van der Waals surface area contributed by atoms with E-state index in [0.717, 1.165) is 0 Å². The Labute approximate surface area is 240 Å². The van der Waals surface area contributed by atoms with Crippen LogP contribution in [0.3, 0.4) is 0 Å². The van der Waals surface area contributed by atoms with Gasteiger partial charge in [-0.1, -0.05) is 69.9 Å². The third-order valence-electron chi connectivity index (χ3n) is 11.1. The summed E-state index contributed by atoms with van der Waals surface area (Å²) in [4.78, 5) is 0. The number of hydrogen-bond donors (Lipinski definition) is 0. The lowest BCUT2D eigenvalue weighted by Gasteiger charge is -2.16. The molecule has 8 rings (SSSR count). The zero-order valence-electron chi connectivity index (χ0n) is 24.7. The molecule has 5 aromatic rings. The van der Waals surface area contributed by atoms with Crippen LogP contribution in [0.25, 0.3) is 38.1 Å². The quantitative estimate of drug-likeness (QED) is 0.188. The van der Waals surface area contributed by atoms with Crippen LogP contribution in [0.1, 0.15) is 130 Å². The second-order valence-corrected chi connectivity index (χ2v) is 13.6. The van der Waals surface area contributed by atoms with Crippen molar-refractivity contribution in [3.05, 3.63) is 63.7 Å². The van der Waals surface area contributed by atoms with E-state index in [1.165, 1.54) is 146 Å². The molecule has 0 fully saturated rings. The first-order valence-corrected chi connectivity index (χ1v) is 17.2. The molecule has 2 heterocycles. The normalized spacial score (nSPS) is 19.9. The average molecular weight is 530 g/mol. The van der Waals surface area contributed by atoms with E-state index in [2.05, 4.69) is 34.7 Å². The summed E-state index contributed by atoms with van der Waals surface area (Å²) in [7, 11) is 0. The largest absolute Gasteiger partial charge is 0.308 e. The molecule has 0 atom stereocenters. The minimum absolute atomic E-state index is 1.26. The fourth-order valence-corrected chi connectivity index (χ4v) is 9.13. The van der Waals surface area contributed by atoms with Gasteiger partial charge in [0.1, 0.15) is 0 Å².